The maximum atomic E-state index is 5.39. The fourth-order valence-electron chi connectivity index (χ4n) is 2.63. The normalized spacial score (nSPS) is 16.6. The van der Waals surface area contributed by atoms with Gasteiger partial charge in [0.1, 0.15) is 11.3 Å². The van der Waals surface area contributed by atoms with E-state index in [-0.39, 0.29) is 0 Å². The smallest absolute Gasteiger partial charge is 0.158 e. The Kier molecular flexibility index (Phi) is 3.23. The molecular formula is C14H14BrN5O. The van der Waals surface area contributed by atoms with Crippen LogP contribution in [0.3, 0.4) is 0 Å². The molecule has 21 heavy (non-hydrogen) atoms. The number of hydrogen-bond acceptors (Lipinski definition) is 4. The van der Waals surface area contributed by atoms with Crippen molar-refractivity contribution in [2.24, 2.45) is 0 Å². The summed E-state index contributed by atoms with van der Waals surface area (Å²) in [5, 5.41) is 4.48. The van der Waals surface area contributed by atoms with Gasteiger partial charge in [-0.15, -0.1) is 0 Å². The topological polar surface area (TPSA) is 68.6 Å². The van der Waals surface area contributed by atoms with E-state index in [1.54, 1.807) is 6.20 Å². The van der Waals surface area contributed by atoms with Gasteiger partial charge < -0.3 is 9.72 Å². The molecule has 108 valence electrons. The zero-order valence-corrected chi connectivity index (χ0v) is 12.9. The molecule has 1 N–H and O–H groups in total. The number of H-pyrrole nitrogens is 1. The fourth-order valence-corrected chi connectivity index (χ4v) is 3.02. The number of nitrogens with one attached hydrogen (secondary N) is 1. The molecule has 7 heteroatoms. The van der Waals surface area contributed by atoms with Gasteiger partial charge in [0.15, 0.2) is 5.65 Å². The van der Waals surface area contributed by atoms with Crippen LogP contribution in [0.2, 0.25) is 0 Å². The van der Waals surface area contributed by atoms with Crippen LogP contribution < -0.4 is 0 Å². The largest absolute Gasteiger partial charge is 0.381 e. The molecule has 1 saturated heterocycles. The highest BCUT2D eigenvalue weighted by Gasteiger charge is 2.18. The third-order valence-corrected chi connectivity index (χ3v) is 4.42. The molecule has 0 atom stereocenters. The molecule has 0 unspecified atom stereocenters. The van der Waals surface area contributed by atoms with Crippen LogP contribution in [0.1, 0.15) is 18.9 Å². The average Bonchev–Trinajstić information content (AvgIpc) is 3.15. The highest BCUT2D eigenvalue weighted by molar-refractivity contribution is 9.10. The van der Waals surface area contributed by atoms with E-state index < -0.39 is 0 Å². The molecule has 1 fully saturated rings. The summed E-state index contributed by atoms with van der Waals surface area (Å²) >= 11 is 3.49. The average molecular weight is 348 g/mol. The van der Waals surface area contributed by atoms with Gasteiger partial charge in [-0.1, -0.05) is 0 Å². The van der Waals surface area contributed by atoms with Gasteiger partial charge >= 0.3 is 0 Å². The molecule has 4 heterocycles. The number of ether oxygens (including phenoxy) is 1. The number of pyridine rings is 1. The van der Waals surface area contributed by atoms with Crippen molar-refractivity contribution in [3.63, 3.8) is 0 Å². The third kappa shape index (κ3) is 2.36. The molecule has 1 aliphatic rings. The van der Waals surface area contributed by atoms with Crippen molar-refractivity contribution in [2.45, 2.75) is 18.9 Å². The quantitative estimate of drug-likeness (QED) is 0.773. The lowest BCUT2D eigenvalue weighted by Gasteiger charge is -2.22. The van der Waals surface area contributed by atoms with Crippen LogP contribution >= 0.6 is 15.9 Å². The summed E-state index contributed by atoms with van der Waals surface area (Å²) in [6.07, 6.45) is 7.66. The van der Waals surface area contributed by atoms with Crippen LogP contribution in [0.25, 0.3) is 22.6 Å². The maximum absolute atomic E-state index is 5.39. The monoisotopic (exact) mass is 347 g/mol. The molecule has 0 radical (unpaired) electrons. The Balaban J connectivity index is 1.68. The SMILES string of the molecule is Brc1ccnc2[nH]c(-c3cnn(C4CCOCC4)c3)nc12. The first-order chi connectivity index (χ1) is 10.3. The lowest BCUT2D eigenvalue weighted by molar-refractivity contribution is 0.0662. The number of fused-ring (bicyclic) bond motifs is 1. The van der Waals surface area contributed by atoms with Crippen LogP contribution in [-0.4, -0.2) is 37.9 Å². The predicted octanol–water partition coefficient (Wildman–Crippen LogP) is 2.94. The number of aromatic amines is 1. The molecule has 0 bridgehead atoms. The summed E-state index contributed by atoms with van der Waals surface area (Å²) in [7, 11) is 0. The summed E-state index contributed by atoms with van der Waals surface area (Å²) in [5.41, 5.74) is 2.59. The van der Waals surface area contributed by atoms with Gasteiger partial charge in [0.2, 0.25) is 0 Å². The number of aromatic nitrogens is 5. The molecule has 0 spiro atoms. The number of hydrogen-bond donors (Lipinski definition) is 1. The molecule has 4 rings (SSSR count). The number of imidazole rings is 1. The van der Waals surface area contributed by atoms with E-state index in [9.17, 15) is 0 Å². The predicted molar refractivity (Wildman–Crippen MR) is 81.9 cm³/mol. The van der Waals surface area contributed by atoms with E-state index in [0.29, 0.717) is 6.04 Å². The van der Waals surface area contributed by atoms with Crippen LogP contribution in [0.15, 0.2) is 29.1 Å². The van der Waals surface area contributed by atoms with Gasteiger partial charge in [-0.3, -0.25) is 4.68 Å². The van der Waals surface area contributed by atoms with Gasteiger partial charge in [-0.05, 0) is 34.8 Å². The third-order valence-electron chi connectivity index (χ3n) is 3.78. The number of rotatable bonds is 2. The summed E-state index contributed by atoms with van der Waals surface area (Å²) < 4.78 is 8.35. The Morgan fingerprint density at radius 2 is 2.19 bits per heavy atom. The van der Waals surface area contributed by atoms with Crippen molar-refractivity contribution < 1.29 is 4.74 Å². The highest BCUT2D eigenvalue weighted by atomic mass is 79.9. The summed E-state index contributed by atoms with van der Waals surface area (Å²) in [4.78, 5) is 12.1. The molecule has 0 saturated carbocycles. The molecule has 3 aromatic heterocycles. The minimum atomic E-state index is 0.418. The van der Waals surface area contributed by atoms with Crippen LogP contribution in [0, 0.1) is 0 Å². The van der Waals surface area contributed by atoms with Gasteiger partial charge in [-0.2, -0.15) is 5.10 Å². The van der Waals surface area contributed by atoms with E-state index >= 15 is 0 Å². The van der Waals surface area contributed by atoms with Crippen molar-refractivity contribution in [2.75, 3.05) is 13.2 Å². The van der Waals surface area contributed by atoms with Crippen molar-refractivity contribution in [1.29, 1.82) is 0 Å². The maximum Gasteiger partial charge on any atom is 0.158 e. The summed E-state index contributed by atoms with van der Waals surface area (Å²) in [6, 6.07) is 2.31. The molecule has 3 aromatic rings. The Labute approximate surface area is 129 Å². The Morgan fingerprint density at radius 1 is 1.33 bits per heavy atom. The van der Waals surface area contributed by atoms with E-state index in [0.717, 1.165) is 53.1 Å². The molecular weight excluding hydrogens is 334 g/mol. The van der Waals surface area contributed by atoms with Crippen molar-refractivity contribution in [1.82, 2.24) is 24.7 Å². The first-order valence-corrected chi connectivity index (χ1v) is 7.73. The second kappa shape index (κ2) is 5.23. The highest BCUT2D eigenvalue weighted by Crippen LogP contribution is 2.26. The van der Waals surface area contributed by atoms with Gasteiger partial charge in [0.05, 0.1) is 17.8 Å². The number of nitrogens with zero attached hydrogens (tertiary/aromatic N) is 4. The van der Waals surface area contributed by atoms with Crippen molar-refractivity contribution in [3.05, 3.63) is 29.1 Å². The Bertz CT molecular complexity index is 775. The van der Waals surface area contributed by atoms with E-state index in [1.807, 2.05) is 23.1 Å². The van der Waals surface area contributed by atoms with E-state index in [1.165, 1.54) is 0 Å². The standard InChI is InChI=1S/C14H14BrN5O/c15-11-1-4-16-14-12(11)18-13(19-14)9-7-17-20(8-9)10-2-5-21-6-3-10/h1,4,7-8,10H,2-3,5-6H2,(H,16,18,19). The Morgan fingerprint density at radius 3 is 3.00 bits per heavy atom. The molecule has 6 nitrogen and oxygen atoms in total. The fraction of sp³-hybridized carbons (Fsp3) is 0.357. The summed E-state index contributed by atoms with van der Waals surface area (Å²) in [5.74, 6) is 0.794. The van der Waals surface area contributed by atoms with Crippen molar-refractivity contribution >= 4 is 27.1 Å². The molecule has 0 aliphatic carbocycles. The minimum absolute atomic E-state index is 0.418. The second-order valence-corrected chi connectivity index (χ2v) is 5.98. The summed E-state index contributed by atoms with van der Waals surface area (Å²) in [6.45, 7) is 1.61. The van der Waals surface area contributed by atoms with Gasteiger partial charge in [-0.25, -0.2) is 9.97 Å². The van der Waals surface area contributed by atoms with Gasteiger partial charge in [0, 0.05) is 30.1 Å². The lowest BCUT2D eigenvalue weighted by atomic mass is 10.1. The molecule has 0 amide bonds. The van der Waals surface area contributed by atoms with Crippen LogP contribution in [0.4, 0.5) is 0 Å². The van der Waals surface area contributed by atoms with Crippen LogP contribution in [0.5, 0.6) is 0 Å². The molecule has 0 aromatic carbocycles. The van der Waals surface area contributed by atoms with Crippen molar-refractivity contribution in [3.8, 4) is 11.4 Å². The lowest BCUT2D eigenvalue weighted by Crippen LogP contribution is -2.19. The zero-order valence-electron chi connectivity index (χ0n) is 11.3. The zero-order chi connectivity index (χ0) is 14.2. The van der Waals surface area contributed by atoms with Crippen LogP contribution in [-0.2, 0) is 4.74 Å². The first-order valence-electron chi connectivity index (χ1n) is 6.94. The molecule has 1 aliphatic heterocycles. The van der Waals surface area contributed by atoms with E-state index in [4.69, 9.17) is 4.74 Å². The van der Waals surface area contributed by atoms with Gasteiger partial charge in [0.25, 0.3) is 0 Å². The minimum Gasteiger partial charge on any atom is -0.381 e. The van der Waals surface area contributed by atoms with E-state index in [2.05, 4.69) is 36.0 Å². The Hall–Kier alpha value is -1.73. The first kappa shape index (κ1) is 13.0. The second-order valence-electron chi connectivity index (χ2n) is 5.13. The number of halogens is 1.